The molecular weight excluding hydrogens is 421 g/mol. The SMILES string of the molecule is O=C(/C=C/c1ccc(Cl)cc1)Nc1c(C(=O)c2ccc(Cl)cc2)oc2ccccc12. The molecule has 6 heteroatoms. The molecule has 0 saturated heterocycles. The zero-order valence-electron chi connectivity index (χ0n) is 15.6. The van der Waals surface area contributed by atoms with Crippen molar-refractivity contribution in [1.82, 2.24) is 0 Å². The molecule has 4 nitrogen and oxygen atoms in total. The lowest BCUT2D eigenvalue weighted by Crippen LogP contribution is -2.11. The number of carbonyl (C=O) groups excluding carboxylic acids is 2. The van der Waals surface area contributed by atoms with Gasteiger partial charge in [0.05, 0.1) is 5.69 Å². The molecule has 1 N–H and O–H groups in total. The van der Waals surface area contributed by atoms with Gasteiger partial charge in [-0.15, -0.1) is 0 Å². The van der Waals surface area contributed by atoms with Crippen LogP contribution in [0, 0.1) is 0 Å². The van der Waals surface area contributed by atoms with Gasteiger partial charge in [0.15, 0.2) is 5.76 Å². The standard InChI is InChI=1S/C24H15Cl2NO3/c25-17-10-5-15(6-11-17)7-14-21(28)27-22-19-3-1-2-4-20(19)30-24(22)23(29)16-8-12-18(26)13-9-16/h1-14H,(H,27,28)/b14-7+. The van der Waals surface area contributed by atoms with Gasteiger partial charge in [-0.05, 0) is 60.2 Å². The molecule has 0 unspecified atom stereocenters. The van der Waals surface area contributed by atoms with Gasteiger partial charge >= 0.3 is 0 Å². The van der Waals surface area contributed by atoms with Crippen LogP contribution >= 0.6 is 23.2 Å². The van der Waals surface area contributed by atoms with Crippen molar-refractivity contribution < 1.29 is 14.0 Å². The highest BCUT2D eigenvalue weighted by Gasteiger charge is 2.22. The second-order valence-corrected chi connectivity index (χ2v) is 7.39. The average Bonchev–Trinajstić information content (AvgIpc) is 3.12. The van der Waals surface area contributed by atoms with Gasteiger partial charge in [0.25, 0.3) is 0 Å². The summed E-state index contributed by atoms with van der Waals surface area (Å²) in [6, 6.07) is 20.7. The maximum absolute atomic E-state index is 13.0. The highest BCUT2D eigenvalue weighted by molar-refractivity contribution is 6.31. The van der Waals surface area contributed by atoms with Crippen molar-refractivity contribution in [2.45, 2.75) is 0 Å². The van der Waals surface area contributed by atoms with Crippen molar-refractivity contribution in [3.63, 3.8) is 0 Å². The Kier molecular flexibility index (Phi) is 5.70. The molecule has 0 bridgehead atoms. The molecule has 0 spiro atoms. The van der Waals surface area contributed by atoms with Crippen LogP contribution in [0.5, 0.6) is 0 Å². The molecule has 0 aliphatic rings. The van der Waals surface area contributed by atoms with Gasteiger partial charge < -0.3 is 9.73 Å². The van der Waals surface area contributed by atoms with E-state index in [1.807, 2.05) is 6.07 Å². The Hall–Kier alpha value is -3.34. The van der Waals surface area contributed by atoms with E-state index in [2.05, 4.69) is 5.32 Å². The highest BCUT2D eigenvalue weighted by atomic mass is 35.5. The fraction of sp³-hybridized carbons (Fsp3) is 0. The number of carbonyl (C=O) groups is 2. The second-order valence-electron chi connectivity index (χ2n) is 6.51. The first kappa shape index (κ1) is 20.0. The number of benzene rings is 3. The molecule has 0 radical (unpaired) electrons. The topological polar surface area (TPSA) is 59.3 Å². The minimum absolute atomic E-state index is 0.0618. The van der Waals surface area contributed by atoms with Gasteiger partial charge in [-0.2, -0.15) is 0 Å². The average molecular weight is 436 g/mol. The minimum Gasteiger partial charge on any atom is -0.450 e. The zero-order chi connectivity index (χ0) is 21.1. The Morgan fingerprint density at radius 1 is 0.833 bits per heavy atom. The van der Waals surface area contributed by atoms with Gasteiger partial charge in [0.1, 0.15) is 5.58 Å². The van der Waals surface area contributed by atoms with Gasteiger partial charge in [-0.25, -0.2) is 0 Å². The summed E-state index contributed by atoms with van der Waals surface area (Å²) in [6.07, 6.45) is 3.05. The Labute approximate surface area is 182 Å². The monoisotopic (exact) mass is 435 g/mol. The molecule has 0 fully saturated rings. The molecule has 4 rings (SSSR count). The van der Waals surface area contributed by atoms with E-state index in [1.54, 1.807) is 72.8 Å². The number of rotatable bonds is 5. The number of ketones is 1. The van der Waals surface area contributed by atoms with E-state index < -0.39 is 0 Å². The molecule has 4 aromatic rings. The molecule has 1 heterocycles. The third kappa shape index (κ3) is 4.30. The van der Waals surface area contributed by atoms with Crippen molar-refractivity contribution in [3.05, 3.63) is 106 Å². The van der Waals surface area contributed by atoms with Gasteiger partial charge in [0.2, 0.25) is 11.7 Å². The molecule has 148 valence electrons. The largest absolute Gasteiger partial charge is 0.450 e. The Morgan fingerprint density at radius 2 is 1.47 bits per heavy atom. The van der Waals surface area contributed by atoms with E-state index in [-0.39, 0.29) is 17.5 Å². The van der Waals surface area contributed by atoms with Crippen LogP contribution in [0.1, 0.15) is 21.7 Å². The summed E-state index contributed by atoms with van der Waals surface area (Å²) in [7, 11) is 0. The maximum atomic E-state index is 13.0. The number of anilines is 1. The summed E-state index contributed by atoms with van der Waals surface area (Å²) in [6.45, 7) is 0. The smallest absolute Gasteiger partial charge is 0.248 e. The summed E-state index contributed by atoms with van der Waals surface area (Å²) in [5.74, 6) is -0.673. The number of fused-ring (bicyclic) bond motifs is 1. The zero-order valence-corrected chi connectivity index (χ0v) is 17.1. The fourth-order valence-electron chi connectivity index (χ4n) is 2.97. The number of hydrogen-bond acceptors (Lipinski definition) is 3. The molecule has 3 aromatic carbocycles. The molecule has 1 amide bonds. The maximum Gasteiger partial charge on any atom is 0.248 e. The lowest BCUT2D eigenvalue weighted by atomic mass is 10.1. The number of furan rings is 1. The Balaban J connectivity index is 1.66. The van der Waals surface area contributed by atoms with Crippen LogP contribution in [-0.2, 0) is 4.79 Å². The number of halogens is 2. The molecular formula is C24H15Cl2NO3. The molecule has 0 aliphatic heterocycles. The first-order valence-corrected chi connectivity index (χ1v) is 9.83. The van der Waals surface area contributed by atoms with Crippen molar-refractivity contribution in [1.29, 1.82) is 0 Å². The lowest BCUT2D eigenvalue weighted by molar-refractivity contribution is -0.111. The van der Waals surface area contributed by atoms with Crippen molar-refractivity contribution in [2.24, 2.45) is 0 Å². The normalized spacial score (nSPS) is 11.1. The summed E-state index contributed by atoms with van der Waals surface area (Å²) in [5, 5.41) is 4.57. The van der Waals surface area contributed by atoms with Crippen LogP contribution < -0.4 is 5.32 Å². The highest BCUT2D eigenvalue weighted by Crippen LogP contribution is 2.32. The number of para-hydroxylation sites is 1. The van der Waals surface area contributed by atoms with Crippen LogP contribution in [0.3, 0.4) is 0 Å². The summed E-state index contributed by atoms with van der Waals surface area (Å²) in [4.78, 5) is 25.6. The van der Waals surface area contributed by atoms with Gasteiger partial charge in [0, 0.05) is 27.1 Å². The summed E-state index contributed by atoms with van der Waals surface area (Å²) >= 11 is 11.8. The molecule has 1 aromatic heterocycles. The van der Waals surface area contributed by atoms with Crippen molar-refractivity contribution >= 4 is 57.6 Å². The van der Waals surface area contributed by atoms with Crippen LogP contribution in [-0.4, -0.2) is 11.7 Å². The van der Waals surface area contributed by atoms with Crippen molar-refractivity contribution in [3.8, 4) is 0 Å². The van der Waals surface area contributed by atoms with Gasteiger partial charge in [-0.1, -0.05) is 47.5 Å². The van der Waals surface area contributed by atoms with Crippen molar-refractivity contribution in [2.75, 3.05) is 5.32 Å². The third-order valence-electron chi connectivity index (χ3n) is 4.45. The summed E-state index contributed by atoms with van der Waals surface area (Å²) in [5.41, 5.74) is 2.07. The second kappa shape index (κ2) is 8.57. The number of hydrogen-bond donors (Lipinski definition) is 1. The van der Waals surface area contributed by atoms with Crippen LogP contribution in [0.4, 0.5) is 5.69 Å². The van der Waals surface area contributed by atoms with Gasteiger partial charge in [-0.3, -0.25) is 9.59 Å². The van der Waals surface area contributed by atoms with E-state index in [4.69, 9.17) is 27.6 Å². The van der Waals surface area contributed by atoms with Crippen LogP contribution in [0.15, 0.2) is 83.3 Å². The first-order chi connectivity index (χ1) is 14.5. The van der Waals surface area contributed by atoms with E-state index in [0.717, 1.165) is 5.56 Å². The number of amides is 1. The fourth-order valence-corrected chi connectivity index (χ4v) is 3.22. The predicted octanol–water partition coefficient (Wildman–Crippen LogP) is 6.62. The van der Waals surface area contributed by atoms with E-state index in [9.17, 15) is 9.59 Å². The van der Waals surface area contributed by atoms with E-state index >= 15 is 0 Å². The lowest BCUT2D eigenvalue weighted by Gasteiger charge is -2.04. The molecule has 30 heavy (non-hydrogen) atoms. The van der Waals surface area contributed by atoms with Crippen LogP contribution in [0.2, 0.25) is 10.0 Å². The Bertz CT molecular complexity index is 1260. The molecule has 0 atom stereocenters. The first-order valence-electron chi connectivity index (χ1n) is 9.08. The third-order valence-corrected chi connectivity index (χ3v) is 4.96. The van der Waals surface area contributed by atoms with E-state index in [0.29, 0.717) is 32.3 Å². The summed E-state index contributed by atoms with van der Waals surface area (Å²) < 4.78 is 5.79. The number of nitrogens with one attached hydrogen (secondary N) is 1. The van der Waals surface area contributed by atoms with Crippen LogP contribution in [0.25, 0.3) is 17.0 Å². The quantitative estimate of drug-likeness (QED) is 0.283. The molecule has 0 aliphatic carbocycles. The Morgan fingerprint density at radius 3 is 2.17 bits per heavy atom. The molecule has 0 saturated carbocycles. The predicted molar refractivity (Wildman–Crippen MR) is 120 cm³/mol. The van der Waals surface area contributed by atoms with E-state index in [1.165, 1.54) is 6.08 Å². The minimum atomic E-state index is -0.387.